The van der Waals surface area contributed by atoms with E-state index in [4.69, 9.17) is 5.11 Å². The molecule has 0 aliphatic heterocycles. The van der Waals surface area contributed by atoms with Gasteiger partial charge in [0.15, 0.2) is 0 Å². The average Bonchev–Trinajstić information content (AvgIpc) is 1.81. The van der Waals surface area contributed by atoms with Crippen molar-refractivity contribution < 1.29 is 5.11 Å². The van der Waals surface area contributed by atoms with E-state index in [1.54, 1.807) is 11.8 Å². The lowest BCUT2D eigenvalue weighted by Crippen LogP contribution is -2.14. The molecule has 0 amide bonds. The normalized spacial score (nSPS) is 9.75. The molecule has 0 aliphatic rings. The zero-order chi connectivity index (χ0) is 6.24. The molecule has 0 fully saturated rings. The molecule has 0 radical (unpaired) electrons. The van der Waals surface area contributed by atoms with Gasteiger partial charge >= 0.3 is 0 Å². The molecule has 0 bridgehead atoms. The molecular formula is C5H13NOS. The largest absolute Gasteiger partial charge is 0.396 e. The predicted molar refractivity (Wildman–Crippen MR) is 38.1 cm³/mol. The summed E-state index contributed by atoms with van der Waals surface area (Å²) in [6.45, 7) is 1.22. The maximum Gasteiger partial charge on any atom is 0.0443 e. The minimum absolute atomic E-state index is 0.293. The molecule has 0 aliphatic carbocycles. The smallest absolute Gasteiger partial charge is 0.0443 e. The van der Waals surface area contributed by atoms with Crippen molar-refractivity contribution in [3.63, 3.8) is 0 Å². The summed E-state index contributed by atoms with van der Waals surface area (Å²) < 4.78 is 0. The van der Waals surface area contributed by atoms with Gasteiger partial charge in [0.05, 0.1) is 0 Å². The molecule has 50 valence electrons. The van der Waals surface area contributed by atoms with Gasteiger partial charge in [-0.05, 0) is 19.2 Å². The Morgan fingerprint density at radius 3 is 2.88 bits per heavy atom. The molecule has 8 heavy (non-hydrogen) atoms. The molecule has 0 aromatic heterocycles. The van der Waals surface area contributed by atoms with Crippen LogP contribution in [-0.4, -0.2) is 30.4 Å². The van der Waals surface area contributed by atoms with Gasteiger partial charge in [0.1, 0.15) is 0 Å². The Bertz CT molecular complexity index is 37.4. The molecule has 0 spiro atoms. The van der Waals surface area contributed by atoms with Gasteiger partial charge in [-0.25, -0.2) is 0 Å². The Balaban J connectivity index is 2.53. The maximum atomic E-state index is 8.32. The molecule has 0 heterocycles. The van der Waals surface area contributed by atoms with E-state index in [9.17, 15) is 0 Å². The quantitative estimate of drug-likeness (QED) is 0.419. The van der Waals surface area contributed by atoms with Gasteiger partial charge in [-0.15, -0.1) is 11.8 Å². The van der Waals surface area contributed by atoms with E-state index < -0.39 is 0 Å². The van der Waals surface area contributed by atoms with Crippen molar-refractivity contribution in [2.45, 2.75) is 6.42 Å². The van der Waals surface area contributed by atoms with Crippen LogP contribution in [0.4, 0.5) is 0 Å². The first-order valence-electron chi connectivity index (χ1n) is 2.72. The molecule has 0 aromatic rings. The lowest BCUT2D eigenvalue weighted by atomic mass is 10.5. The van der Waals surface area contributed by atoms with Crippen molar-refractivity contribution >= 4 is 11.8 Å². The highest BCUT2D eigenvalue weighted by Crippen LogP contribution is 1.84. The van der Waals surface area contributed by atoms with Crippen LogP contribution < -0.4 is 5.32 Å². The van der Waals surface area contributed by atoms with Crippen LogP contribution in [0.1, 0.15) is 6.42 Å². The van der Waals surface area contributed by atoms with E-state index >= 15 is 0 Å². The highest BCUT2D eigenvalue weighted by atomic mass is 32.2. The second-order valence-corrected chi connectivity index (χ2v) is 2.38. The molecule has 0 saturated carbocycles. The van der Waals surface area contributed by atoms with Crippen molar-refractivity contribution in [1.82, 2.24) is 5.32 Å². The van der Waals surface area contributed by atoms with Crippen molar-refractivity contribution in [3.8, 4) is 0 Å². The lowest BCUT2D eigenvalue weighted by Gasteiger charge is -1.97. The van der Waals surface area contributed by atoms with Crippen LogP contribution in [0, 0.1) is 0 Å². The van der Waals surface area contributed by atoms with Crippen molar-refractivity contribution in [3.05, 3.63) is 0 Å². The number of hydrogen-bond donors (Lipinski definition) is 2. The van der Waals surface area contributed by atoms with Gasteiger partial charge in [0.25, 0.3) is 0 Å². The zero-order valence-corrected chi connectivity index (χ0v) is 6.00. The van der Waals surface area contributed by atoms with Crippen LogP contribution >= 0.6 is 11.8 Å². The first kappa shape index (κ1) is 8.27. The topological polar surface area (TPSA) is 32.3 Å². The summed E-state index contributed by atoms with van der Waals surface area (Å²) in [6.07, 6.45) is 2.91. The van der Waals surface area contributed by atoms with E-state index in [1.807, 2.05) is 6.26 Å². The Morgan fingerprint density at radius 2 is 2.38 bits per heavy atom. The minimum Gasteiger partial charge on any atom is -0.396 e. The molecule has 0 rings (SSSR count). The molecule has 0 atom stereocenters. The van der Waals surface area contributed by atoms with Crippen molar-refractivity contribution in [2.24, 2.45) is 0 Å². The Morgan fingerprint density at radius 1 is 1.62 bits per heavy atom. The van der Waals surface area contributed by atoms with E-state index in [0.717, 1.165) is 18.8 Å². The van der Waals surface area contributed by atoms with Gasteiger partial charge in [0.2, 0.25) is 0 Å². The van der Waals surface area contributed by atoms with Gasteiger partial charge in [-0.2, -0.15) is 0 Å². The average molecular weight is 135 g/mol. The number of thioether (sulfide) groups is 1. The minimum atomic E-state index is 0.293. The van der Waals surface area contributed by atoms with Crippen molar-refractivity contribution in [1.29, 1.82) is 0 Å². The summed E-state index contributed by atoms with van der Waals surface area (Å²) in [5.41, 5.74) is 0. The monoisotopic (exact) mass is 135 g/mol. The van der Waals surface area contributed by atoms with Crippen LogP contribution in [0.15, 0.2) is 0 Å². The number of nitrogens with one attached hydrogen (secondary N) is 1. The lowest BCUT2D eigenvalue weighted by molar-refractivity contribution is 0.287. The SMILES string of the molecule is CSCNCCCO. The van der Waals surface area contributed by atoms with Crippen LogP contribution in [0.25, 0.3) is 0 Å². The first-order chi connectivity index (χ1) is 3.91. The van der Waals surface area contributed by atoms with Gasteiger partial charge in [-0.3, -0.25) is 0 Å². The summed E-state index contributed by atoms with van der Waals surface area (Å²) in [7, 11) is 0. The maximum absolute atomic E-state index is 8.32. The zero-order valence-electron chi connectivity index (χ0n) is 5.18. The molecule has 0 saturated heterocycles. The summed E-state index contributed by atoms with van der Waals surface area (Å²) >= 11 is 1.76. The standard InChI is InChI=1S/C5H13NOS/c1-8-5-6-3-2-4-7/h6-7H,2-5H2,1H3. The number of aliphatic hydroxyl groups is 1. The van der Waals surface area contributed by atoms with Gasteiger partial charge in [-0.1, -0.05) is 0 Å². The molecule has 2 N–H and O–H groups in total. The van der Waals surface area contributed by atoms with E-state index in [0.29, 0.717) is 6.61 Å². The van der Waals surface area contributed by atoms with Crippen LogP contribution in [0.5, 0.6) is 0 Å². The van der Waals surface area contributed by atoms with Crippen molar-refractivity contribution in [2.75, 3.05) is 25.3 Å². The Hall–Kier alpha value is 0.270. The third-order valence-electron chi connectivity index (χ3n) is 0.758. The highest BCUT2D eigenvalue weighted by molar-refractivity contribution is 7.98. The van der Waals surface area contributed by atoms with E-state index in [-0.39, 0.29) is 0 Å². The third-order valence-corrected chi connectivity index (χ3v) is 1.25. The molecule has 0 aromatic carbocycles. The first-order valence-corrected chi connectivity index (χ1v) is 4.11. The van der Waals surface area contributed by atoms with Gasteiger partial charge in [0, 0.05) is 12.5 Å². The number of rotatable bonds is 5. The fraction of sp³-hybridized carbons (Fsp3) is 1.00. The summed E-state index contributed by atoms with van der Waals surface area (Å²) in [5, 5.41) is 11.5. The van der Waals surface area contributed by atoms with Gasteiger partial charge < -0.3 is 10.4 Å². The summed E-state index contributed by atoms with van der Waals surface area (Å²) in [5.74, 6) is 0.986. The highest BCUT2D eigenvalue weighted by Gasteiger charge is 1.81. The second-order valence-electron chi connectivity index (χ2n) is 1.51. The fourth-order valence-electron chi connectivity index (χ4n) is 0.378. The molecule has 3 heteroatoms. The molecule has 2 nitrogen and oxygen atoms in total. The number of aliphatic hydroxyl groups excluding tert-OH is 1. The summed E-state index contributed by atoms with van der Waals surface area (Å²) in [6, 6.07) is 0. The number of hydrogen-bond acceptors (Lipinski definition) is 3. The van der Waals surface area contributed by atoms with Crippen LogP contribution in [-0.2, 0) is 0 Å². The molecule has 0 unspecified atom stereocenters. The Labute approximate surface area is 54.7 Å². The summed E-state index contributed by atoms with van der Waals surface area (Å²) in [4.78, 5) is 0. The Kier molecular flexibility index (Phi) is 7.52. The van der Waals surface area contributed by atoms with E-state index in [1.165, 1.54) is 0 Å². The van der Waals surface area contributed by atoms with Crippen LogP contribution in [0.2, 0.25) is 0 Å². The molecular weight excluding hydrogens is 122 g/mol. The third kappa shape index (κ3) is 6.27. The van der Waals surface area contributed by atoms with Crippen LogP contribution in [0.3, 0.4) is 0 Å². The predicted octanol–water partition coefficient (Wildman–Crippen LogP) is 0.279. The second kappa shape index (κ2) is 7.27. The van der Waals surface area contributed by atoms with E-state index in [2.05, 4.69) is 5.32 Å². The fourth-order valence-corrected chi connectivity index (χ4v) is 0.727.